The number of nitrogens with zero attached hydrogens (tertiary/aromatic N) is 1. The maximum absolute atomic E-state index is 13.9. The van der Waals surface area contributed by atoms with Gasteiger partial charge in [-0.05, 0) is 49.1 Å². The van der Waals surface area contributed by atoms with Gasteiger partial charge in [0.15, 0.2) is 5.96 Å². The minimum Gasteiger partial charge on any atom is -0.475 e. The van der Waals surface area contributed by atoms with Gasteiger partial charge in [0.25, 0.3) is 0 Å². The average molecular weight is 677 g/mol. The van der Waals surface area contributed by atoms with Crippen LogP contribution >= 0.6 is 0 Å². The number of alkyl halides is 3. The van der Waals surface area contributed by atoms with E-state index in [1.807, 2.05) is 18.2 Å². The Bertz CT molecular complexity index is 1410. The lowest BCUT2D eigenvalue weighted by atomic mass is 9.76. The molecule has 0 saturated heterocycles. The molecule has 0 radical (unpaired) electrons. The summed E-state index contributed by atoms with van der Waals surface area (Å²) >= 11 is 0. The molecule has 1 fully saturated rings. The number of carboxylic acid groups (broad SMARTS) is 1. The summed E-state index contributed by atoms with van der Waals surface area (Å²) in [4.78, 5) is 52.4. The molecule has 0 heterocycles. The Labute approximate surface area is 276 Å². The van der Waals surface area contributed by atoms with Gasteiger partial charge in [-0.2, -0.15) is 13.2 Å². The van der Waals surface area contributed by atoms with E-state index in [2.05, 4.69) is 15.6 Å². The zero-order valence-electron chi connectivity index (χ0n) is 26.3. The third-order valence-corrected chi connectivity index (χ3v) is 7.81. The van der Waals surface area contributed by atoms with Gasteiger partial charge >= 0.3 is 12.1 Å². The topological polar surface area (TPSA) is 253 Å². The molecule has 3 rings (SSSR count). The van der Waals surface area contributed by atoms with E-state index in [1.165, 1.54) is 0 Å². The zero-order valence-corrected chi connectivity index (χ0v) is 26.3. The molecule has 2 aromatic rings. The molecule has 1 aliphatic rings. The van der Waals surface area contributed by atoms with Crippen LogP contribution in [0.4, 0.5) is 13.2 Å². The Morgan fingerprint density at radius 2 is 1.48 bits per heavy atom. The summed E-state index contributed by atoms with van der Waals surface area (Å²) in [6, 6.07) is 14.3. The Balaban J connectivity index is 0.00000103. The number of halogens is 3. The molecule has 0 aromatic heterocycles. The van der Waals surface area contributed by atoms with Gasteiger partial charge in [-0.1, -0.05) is 73.9 Å². The van der Waals surface area contributed by atoms with Gasteiger partial charge in [-0.15, -0.1) is 0 Å². The molecule has 0 aliphatic heterocycles. The number of primary amides is 1. The van der Waals surface area contributed by atoms with Crippen LogP contribution < -0.4 is 33.6 Å². The predicted octanol–water partition coefficient (Wildman–Crippen LogP) is 2.22. The molecule has 12 N–H and O–H groups in total. The first-order chi connectivity index (χ1) is 22.6. The van der Waals surface area contributed by atoms with Crippen LogP contribution in [0.2, 0.25) is 0 Å². The van der Waals surface area contributed by atoms with E-state index in [9.17, 15) is 27.6 Å². The van der Waals surface area contributed by atoms with Crippen LogP contribution in [0.5, 0.6) is 0 Å². The molecule has 2 aromatic carbocycles. The molecule has 16 heteroatoms. The first kappa shape index (κ1) is 39.0. The molecule has 262 valence electrons. The molecular weight excluding hydrogens is 633 g/mol. The number of nitrogens with one attached hydrogen (secondary N) is 3. The standard InChI is InChI=1S/C30H42N8O3.C2HF3O2/c31-26(32)22-15-13-19(14-16-22)18-23(20-8-3-1-4-9-20)28(40)38-25(21-10-5-2-6-11-21)29(41)37-24(27(33)39)12-7-17-36-30(34)35;3-2(4,5)1(6)7/h2,5-6,10-11,13-16,20,23-25H,1,3-4,7-9,12,17-18H2,(H3,31,32)(H2,33,39)(H,37,41)(H,38,40)(H4,34,35,36);(H,6,7)/t23?,24-,25-;/m0./s1. The highest BCUT2D eigenvalue weighted by molar-refractivity contribution is 5.95. The minimum absolute atomic E-state index is 0.0136. The van der Waals surface area contributed by atoms with Gasteiger partial charge in [0, 0.05) is 18.0 Å². The third-order valence-electron chi connectivity index (χ3n) is 7.81. The predicted molar refractivity (Wildman–Crippen MR) is 173 cm³/mol. The second-order valence-corrected chi connectivity index (χ2v) is 11.4. The molecule has 13 nitrogen and oxygen atoms in total. The van der Waals surface area contributed by atoms with Crippen LogP contribution in [0.15, 0.2) is 59.6 Å². The summed E-state index contributed by atoms with van der Waals surface area (Å²) < 4.78 is 31.7. The molecule has 3 amide bonds. The van der Waals surface area contributed by atoms with Crippen molar-refractivity contribution in [2.75, 3.05) is 6.54 Å². The Morgan fingerprint density at radius 1 is 0.896 bits per heavy atom. The number of guanidine groups is 1. The van der Waals surface area contributed by atoms with Crippen molar-refractivity contribution in [3.63, 3.8) is 0 Å². The van der Waals surface area contributed by atoms with E-state index >= 15 is 0 Å². The number of amides is 3. The van der Waals surface area contributed by atoms with Crippen molar-refractivity contribution in [1.29, 1.82) is 5.41 Å². The Morgan fingerprint density at radius 3 is 1.98 bits per heavy atom. The Kier molecular flexibility index (Phi) is 15.3. The quantitative estimate of drug-likeness (QED) is 0.0834. The summed E-state index contributed by atoms with van der Waals surface area (Å²) in [6.07, 6.45) is 1.21. The molecule has 48 heavy (non-hydrogen) atoms. The molecule has 1 saturated carbocycles. The lowest BCUT2D eigenvalue weighted by Crippen LogP contribution is -2.50. The summed E-state index contributed by atoms with van der Waals surface area (Å²) in [5, 5.41) is 20.5. The van der Waals surface area contributed by atoms with Gasteiger partial charge in [-0.25, -0.2) is 4.79 Å². The van der Waals surface area contributed by atoms with Crippen LogP contribution in [0.1, 0.15) is 67.7 Å². The number of rotatable bonds is 14. The third kappa shape index (κ3) is 13.3. The van der Waals surface area contributed by atoms with E-state index in [-0.39, 0.29) is 42.5 Å². The number of nitrogen functional groups attached to an aromatic ring is 1. The number of benzene rings is 2. The van der Waals surface area contributed by atoms with Crippen LogP contribution in [-0.4, -0.2) is 59.4 Å². The fraction of sp³-hybridized carbons (Fsp3) is 0.438. The normalized spacial score (nSPS) is 15.0. The van der Waals surface area contributed by atoms with Crippen molar-refractivity contribution >= 4 is 35.5 Å². The van der Waals surface area contributed by atoms with E-state index in [4.69, 9.17) is 38.2 Å². The summed E-state index contributed by atoms with van der Waals surface area (Å²) in [7, 11) is 0. The van der Waals surface area contributed by atoms with Gasteiger partial charge in [0.2, 0.25) is 17.7 Å². The van der Waals surface area contributed by atoms with Crippen LogP contribution in [0, 0.1) is 17.2 Å². The smallest absolute Gasteiger partial charge is 0.475 e. The van der Waals surface area contributed by atoms with Crippen molar-refractivity contribution in [3.05, 3.63) is 71.3 Å². The first-order valence-corrected chi connectivity index (χ1v) is 15.3. The fourth-order valence-corrected chi connectivity index (χ4v) is 5.32. The highest BCUT2D eigenvalue weighted by atomic mass is 19.4. The highest BCUT2D eigenvalue weighted by Gasteiger charge is 2.38. The zero-order chi connectivity index (χ0) is 35.9. The number of amidine groups is 1. The maximum atomic E-state index is 13.9. The highest BCUT2D eigenvalue weighted by Crippen LogP contribution is 2.33. The summed E-state index contributed by atoms with van der Waals surface area (Å²) in [5.74, 6) is -4.45. The second kappa shape index (κ2) is 18.9. The number of carboxylic acids is 1. The van der Waals surface area contributed by atoms with Crippen molar-refractivity contribution in [2.45, 2.75) is 69.6 Å². The molecule has 0 spiro atoms. The van der Waals surface area contributed by atoms with Gasteiger partial charge in [0.05, 0.1) is 0 Å². The van der Waals surface area contributed by atoms with Crippen molar-refractivity contribution in [3.8, 4) is 0 Å². The lowest BCUT2D eigenvalue weighted by Gasteiger charge is -2.31. The van der Waals surface area contributed by atoms with E-state index in [1.54, 1.807) is 36.4 Å². The largest absolute Gasteiger partial charge is 0.490 e. The number of hydrogen-bond acceptors (Lipinski definition) is 6. The van der Waals surface area contributed by atoms with Crippen LogP contribution in [0.25, 0.3) is 0 Å². The number of nitrogens with two attached hydrogens (primary N) is 4. The molecule has 1 aliphatic carbocycles. The van der Waals surface area contributed by atoms with Gasteiger partial charge < -0.3 is 38.7 Å². The summed E-state index contributed by atoms with van der Waals surface area (Å²) in [6.45, 7) is 0.289. The van der Waals surface area contributed by atoms with E-state index < -0.39 is 36.0 Å². The Hall–Kier alpha value is -5.15. The van der Waals surface area contributed by atoms with Gasteiger partial charge in [-0.3, -0.25) is 24.8 Å². The van der Waals surface area contributed by atoms with Crippen LogP contribution in [0.3, 0.4) is 0 Å². The SMILES string of the molecule is N=C(N)c1ccc(CC(C(=O)N[C@H](C(=O)N[C@@H](CCCN=C(N)N)C(N)=O)c2ccccc2)C2CCCCC2)cc1.O=C(O)C(F)(F)F. The maximum Gasteiger partial charge on any atom is 0.490 e. The lowest BCUT2D eigenvalue weighted by molar-refractivity contribution is -0.192. The number of carbonyl (C=O) groups is 4. The molecule has 3 atom stereocenters. The minimum atomic E-state index is -5.08. The molecule has 1 unspecified atom stereocenters. The number of carbonyl (C=O) groups excluding carboxylic acids is 3. The fourth-order valence-electron chi connectivity index (χ4n) is 5.32. The van der Waals surface area contributed by atoms with Gasteiger partial charge in [0.1, 0.15) is 17.9 Å². The second-order valence-electron chi connectivity index (χ2n) is 11.4. The number of aliphatic imine (C=N–C) groups is 1. The van der Waals surface area contributed by atoms with E-state index in [0.717, 1.165) is 37.7 Å². The van der Waals surface area contributed by atoms with Crippen molar-refractivity contribution in [1.82, 2.24) is 10.6 Å². The average Bonchev–Trinajstić information content (AvgIpc) is 3.04. The van der Waals surface area contributed by atoms with E-state index in [0.29, 0.717) is 24.0 Å². The van der Waals surface area contributed by atoms with Crippen LogP contribution in [-0.2, 0) is 25.6 Å². The summed E-state index contributed by atoms with van der Waals surface area (Å²) in [5.41, 5.74) is 24.1. The molecular formula is C32H43F3N8O5. The van der Waals surface area contributed by atoms with Crippen molar-refractivity contribution in [2.24, 2.45) is 39.8 Å². The number of aliphatic carboxylic acids is 1. The van der Waals surface area contributed by atoms with Crippen molar-refractivity contribution < 1.29 is 37.5 Å². The molecule has 0 bridgehead atoms. The monoisotopic (exact) mass is 676 g/mol. The first-order valence-electron chi connectivity index (χ1n) is 15.3. The number of hydrogen-bond donors (Lipinski definition) is 8.